The normalized spacial score (nSPS) is 11.8. The minimum atomic E-state index is 1.10. The second kappa shape index (κ2) is 14.6. The minimum absolute atomic E-state index is 1.10. The fourth-order valence-corrected chi connectivity index (χ4v) is 10.5. The highest BCUT2D eigenvalue weighted by molar-refractivity contribution is 6.28. The van der Waals surface area contributed by atoms with Crippen molar-refractivity contribution in [3.63, 3.8) is 0 Å². The Balaban J connectivity index is 1.18. The summed E-state index contributed by atoms with van der Waals surface area (Å²) in [4.78, 5) is 5.06. The number of benzene rings is 13. The summed E-state index contributed by atoms with van der Waals surface area (Å²) in [5.74, 6) is 0. The number of anilines is 6. The largest absolute Gasteiger partial charge is 0.309 e. The molecule has 2 nitrogen and oxygen atoms in total. The first-order valence-electron chi connectivity index (χ1n) is 22.1. The van der Waals surface area contributed by atoms with E-state index in [2.05, 4.69) is 252 Å². The van der Waals surface area contributed by atoms with Gasteiger partial charge in [-0.05, 0) is 90.3 Å². The highest BCUT2D eigenvalue weighted by Gasteiger charge is 2.28. The van der Waals surface area contributed by atoms with Crippen molar-refractivity contribution in [2.45, 2.75) is 0 Å². The Morgan fingerprint density at radius 3 is 0.844 bits per heavy atom. The first kappa shape index (κ1) is 36.2. The van der Waals surface area contributed by atoms with Crippen LogP contribution >= 0.6 is 0 Å². The van der Waals surface area contributed by atoms with E-state index < -0.39 is 0 Å². The van der Waals surface area contributed by atoms with Gasteiger partial charge in [-0.3, -0.25) is 0 Å². The Bertz CT molecular complexity index is 3650. The monoisotopic (exact) mass is 812 g/mol. The molecule has 0 bridgehead atoms. The zero-order valence-corrected chi connectivity index (χ0v) is 35.0. The molecule has 0 amide bonds. The maximum absolute atomic E-state index is 2.53. The zero-order valence-electron chi connectivity index (χ0n) is 35.0. The molecular weight excluding hydrogens is 773 g/mol. The Labute approximate surface area is 371 Å². The second-order valence-electron chi connectivity index (χ2n) is 16.8. The Morgan fingerprint density at radius 1 is 0.188 bits per heavy atom. The molecular formula is C62H40N2. The van der Waals surface area contributed by atoms with E-state index in [4.69, 9.17) is 0 Å². The summed E-state index contributed by atoms with van der Waals surface area (Å²) in [7, 11) is 0. The van der Waals surface area contributed by atoms with Crippen LogP contribution in [0.15, 0.2) is 243 Å². The molecule has 13 aromatic carbocycles. The number of para-hydroxylation sites is 2. The lowest BCUT2D eigenvalue weighted by molar-refractivity contribution is 1.31. The topological polar surface area (TPSA) is 6.48 Å². The van der Waals surface area contributed by atoms with E-state index in [-0.39, 0.29) is 0 Å². The minimum Gasteiger partial charge on any atom is -0.309 e. The van der Waals surface area contributed by atoms with Crippen molar-refractivity contribution in [3.8, 4) is 0 Å². The summed E-state index contributed by atoms with van der Waals surface area (Å²) in [6.45, 7) is 0. The van der Waals surface area contributed by atoms with E-state index in [1.807, 2.05) is 0 Å². The van der Waals surface area contributed by atoms with E-state index >= 15 is 0 Å². The first-order valence-corrected chi connectivity index (χ1v) is 22.1. The van der Waals surface area contributed by atoms with Gasteiger partial charge in [0, 0.05) is 43.7 Å². The molecule has 0 saturated heterocycles. The maximum Gasteiger partial charge on any atom is 0.0620 e. The van der Waals surface area contributed by atoms with E-state index in [1.54, 1.807) is 0 Å². The van der Waals surface area contributed by atoms with Crippen molar-refractivity contribution >= 4 is 120 Å². The van der Waals surface area contributed by atoms with Crippen molar-refractivity contribution in [2.24, 2.45) is 0 Å². The highest BCUT2D eigenvalue weighted by Crippen LogP contribution is 2.54. The average Bonchev–Trinajstić information content (AvgIpc) is 3.37. The Hall–Kier alpha value is -8.46. The maximum atomic E-state index is 2.53. The van der Waals surface area contributed by atoms with Gasteiger partial charge in [0.15, 0.2) is 0 Å². The smallest absolute Gasteiger partial charge is 0.0620 e. The van der Waals surface area contributed by atoms with Gasteiger partial charge in [0.2, 0.25) is 0 Å². The van der Waals surface area contributed by atoms with Crippen molar-refractivity contribution < 1.29 is 0 Å². The molecule has 0 atom stereocenters. The molecule has 0 unspecified atom stereocenters. The van der Waals surface area contributed by atoms with Gasteiger partial charge >= 0.3 is 0 Å². The van der Waals surface area contributed by atoms with Crippen LogP contribution in [0.3, 0.4) is 0 Å². The summed E-state index contributed by atoms with van der Waals surface area (Å²) in [5.41, 5.74) is 6.77. The SMILES string of the molecule is c1ccc(N(c2c3ccccc3c(N(c3ccccc3)c3cc4c5ccccc5ccc4c4ccccc34)c3ccccc23)c2cc3c4ccccc4ccc3c3ccccc23)cc1. The third-order valence-corrected chi connectivity index (χ3v) is 13.3. The van der Waals surface area contributed by atoms with Crippen LogP contribution in [-0.4, -0.2) is 0 Å². The van der Waals surface area contributed by atoms with Gasteiger partial charge in [0.1, 0.15) is 0 Å². The third kappa shape index (κ3) is 5.53. The lowest BCUT2D eigenvalue weighted by Gasteiger charge is -2.34. The molecule has 0 radical (unpaired) electrons. The molecule has 0 N–H and O–H groups in total. The molecule has 64 heavy (non-hydrogen) atoms. The van der Waals surface area contributed by atoms with Crippen molar-refractivity contribution in [1.82, 2.24) is 0 Å². The molecule has 0 spiro atoms. The van der Waals surface area contributed by atoms with Crippen molar-refractivity contribution in [1.29, 1.82) is 0 Å². The predicted molar refractivity (Wildman–Crippen MR) is 276 cm³/mol. The average molecular weight is 813 g/mol. The molecule has 0 aliphatic rings. The fourth-order valence-electron chi connectivity index (χ4n) is 10.5. The van der Waals surface area contributed by atoms with Crippen LogP contribution in [0.1, 0.15) is 0 Å². The number of fused-ring (bicyclic) bond motifs is 12. The standard InChI is InChI=1S/C62H40N2/c1-3-21-43(22-4-1)63(59-39-57-45-25-9-7-19-41(45)35-37-49(57)47-27-11-13-29-51(47)59)61-53-31-15-17-33-55(53)62(56-34-18-16-32-54(56)61)64(44-23-5-2-6-24-44)60-40-58-46-26-10-8-20-42(46)36-38-50(58)48-28-12-14-30-52(48)60/h1-40H. The van der Waals surface area contributed by atoms with Crippen LogP contribution < -0.4 is 9.80 Å². The summed E-state index contributed by atoms with van der Waals surface area (Å²) in [6.07, 6.45) is 0. The molecule has 0 aliphatic carbocycles. The second-order valence-corrected chi connectivity index (χ2v) is 16.8. The highest BCUT2D eigenvalue weighted by atomic mass is 15.2. The molecule has 0 aromatic heterocycles. The van der Waals surface area contributed by atoms with Crippen LogP contribution in [0.5, 0.6) is 0 Å². The predicted octanol–water partition coefficient (Wildman–Crippen LogP) is 17.9. The Kier molecular flexibility index (Phi) is 8.25. The lowest BCUT2D eigenvalue weighted by atomic mass is 9.92. The van der Waals surface area contributed by atoms with Crippen molar-refractivity contribution in [2.75, 3.05) is 9.80 Å². The van der Waals surface area contributed by atoms with Gasteiger partial charge in [0.25, 0.3) is 0 Å². The van der Waals surface area contributed by atoms with E-state index in [9.17, 15) is 0 Å². The summed E-state index contributed by atoms with van der Waals surface area (Å²) in [5, 5.41) is 19.5. The molecule has 0 heterocycles. The van der Waals surface area contributed by atoms with Crippen LogP contribution in [0.2, 0.25) is 0 Å². The van der Waals surface area contributed by atoms with Gasteiger partial charge in [0.05, 0.1) is 22.7 Å². The molecule has 13 aromatic rings. The van der Waals surface area contributed by atoms with Crippen LogP contribution in [0.4, 0.5) is 34.1 Å². The van der Waals surface area contributed by atoms with E-state index in [1.165, 1.54) is 86.2 Å². The van der Waals surface area contributed by atoms with Gasteiger partial charge in [-0.1, -0.05) is 206 Å². The molecule has 13 rings (SSSR count). The first-order chi connectivity index (χ1) is 31.8. The summed E-state index contributed by atoms with van der Waals surface area (Å²) >= 11 is 0. The van der Waals surface area contributed by atoms with Gasteiger partial charge in [-0.25, -0.2) is 0 Å². The Morgan fingerprint density at radius 2 is 0.469 bits per heavy atom. The molecule has 0 saturated carbocycles. The van der Waals surface area contributed by atoms with Crippen LogP contribution in [0.25, 0.3) is 86.2 Å². The number of nitrogens with zero attached hydrogens (tertiary/aromatic N) is 2. The molecule has 0 aliphatic heterocycles. The molecule has 2 heteroatoms. The van der Waals surface area contributed by atoms with Gasteiger partial charge < -0.3 is 9.80 Å². The summed E-state index contributed by atoms with van der Waals surface area (Å²) < 4.78 is 0. The fraction of sp³-hybridized carbons (Fsp3) is 0. The zero-order chi connectivity index (χ0) is 42.1. The quantitative estimate of drug-likeness (QED) is 0.0937. The third-order valence-electron chi connectivity index (χ3n) is 13.3. The van der Waals surface area contributed by atoms with Crippen LogP contribution in [0, 0.1) is 0 Å². The summed E-state index contributed by atoms with van der Waals surface area (Å²) in [6, 6.07) is 89.3. The molecule has 0 fully saturated rings. The number of hydrogen-bond donors (Lipinski definition) is 0. The van der Waals surface area contributed by atoms with E-state index in [0.717, 1.165) is 34.1 Å². The van der Waals surface area contributed by atoms with Gasteiger partial charge in [-0.2, -0.15) is 0 Å². The van der Waals surface area contributed by atoms with E-state index in [0.29, 0.717) is 0 Å². The van der Waals surface area contributed by atoms with Crippen LogP contribution in [-0.2, 0) is 0 Å². The number of rotatable bonds is 6. The van der Waals surface area contributed by atoms with Crippen molar-refractivity contribution in [3.05, 3.63) is 243 Å². The molecule has 298 valence electrons. The van der Waals surface area contributed by atoms with Gasteiger partial charge in [-0.15, -0.1) is 0 Å². The number of hydrogen-bond acceptors (Lipinski definition) is 2. The lowest BCUT2D eigenvalue weighted by Crippen LogP contribution is -2.15.